The standard InChI is InChI=1S/C18H22N2O4/c1-20(17(22)11-6-7-11)15-5-3-2-4-14(15)16(21)19-13-9-8-12(10-13)18(23)24/h2-5,11-13H,6-10H2,1H3,(H,19,21)(H,23,24)/t12-,13+/m1/s1. The van der Waals surface area contributed by atoms with Gasteiger partial charge in [-0.1, -0.05) is 12.1 Å². The zero-order valence-electron chi connectivity index (χ0n) is 13.7. The summed E-state index contributed by atoms with van der Waals surface area (Å²) in [6, 6.07) is 6.91. The normalized spacial score (nSPS) is 22.9. The lowest BCUT2D eigenvalue weighted by Crippen LogP contribution is -2.35. The van der Waals surface area contributed by atoms with Crippen LogP contribution in [0.1, 0.15) is 42.5 Å². The molecule has 1 aromatic rings. The molecule has 2 atom stereocenters. The highest BCUT2D eigenvalue weighted by molar-refractivity contribution is 6.05. The summed E-state index contributed by atoms with van der Waals surface area (Å²) in [5.41, 5.74) is 1.05. The van der Waals surface area contributed by atoms with Crippen molar-refractivity contribution in [1.82, 2.24) is 5.32 Å². The van der Waals surface area contributed by atoms with Crippen molar-refractivity contribution in [2.45, 2.75) is 38.1 Å². The van der Waals surface area contributed by atoms with Crippen molar-refractivity contribution in [2.75, 3.05) is 11.9 Å². The van der Waals surface area contributed by atoms with Crippen LogP contribution in [0.2, 0.25) is 0 Å². The van der Waals surface area contributed by atoms with E-state index in [4.69, 9.17) is 5.11 Å². The van der Waals surface area contributed by atoms with Gasteiger partial charge < -0.3 is 15.3 Å². The van der Waals surface area contributed by atoms with E-state index in [0.717, 1.165) is 12.8 Å². The summed E-state index contributed by atoms with van der Waals surface area (Å²) in [6.07, 6.45) is 3.54. The molecule has 128 valence electrons. The Morgan fingerprint density at radius 3 is 2.38 bits per heavy atom. The van der Waals surface area contributed by atoms with Crippen LogP contribution in [0.3, 0.4) is 0 Å². The highest BCUT2D eigenvalue weighted by Crippen LogP contribution is 2.33. The number of nitrogens with one attached hydrogen (secondary N) is 1. The average molecular weight is 330 g/mol. The Morgan fingerprint density at radius 1 is 1.08 bits per heavy atom. The lowest BCUT2D eigenvalue weighted by atomic mass is 10.1. The molecule has 3 rings (SSSR count). The molecule has 0 unspecified atom stereocenters. The molecule has 0 aliphatic heterocycles. The molecule has 6 nitrogen and oxygen atoms in total. The number of hydrogen-bond donors (Lipinski definition) is 2. The molecule has 24 heavy (non-hydrogen) atoms. The minimum atomic E-state index is -0.804. The van der Waals surface area contributed by atoms with E-state index in [1.807, 2.05) is 0 Å². The Morgan fingerprint density at radius 2 is 1.75 bits per heavy atom. The van der Waals surface area contributed by atoms with Crippen molar-refractivity contribution in [3.05, 3.63) is 29.8 Å². The van der Waals surface area contributed by atoms with E-state index in [0.29, 0.717) is 30.5 Å². The summed E-state index contributed by atoms with van der Waals surface area (Å²) >= 11 is 0. The molecule has 2 saturated carbocycles. The minimum Gasteiger partial charge on any atom is -0.481 e. The summed E-state index contributed by atoms with van der Waals surface area (Å²) in [5.74, 6) is -1.32. The third-order valence-corrected chi connectivity index (χ3v) is 4.88. The van der Waals surface area contributed by atoms with Crippen LogP contribution in [-0.2, 0) is 9.59 Å². The molecule has 2 amide bonds. The summed E-state index contributed by atoms with van der Waals surface area (Å²) in [7, 11) is 1.70. The van der Waals surface area contributed by atoms with Crippen molar-refractivity contribution >= 4 is 23.5 Å². The Labute approximate surface area is 140 Å². The van der Waals surface area contributed by atoms with Gasteiger partial charge >= 0.3 is 5.97 Å². The summed E-state index contributed by atoms with van der Waals surface area (Å²) in [4.78, 5) is 37.5. The molecule has 2 aliphatic rings. The van der Waals surface area contributed by atoms with Gasteiger partial charge in [0.1, 0.15) is 0 Å². The molecule has 0 radical (unpaired) electrons. The van der Waals surface area contributed by atoms with Crippen LogP contribution in [0.25, 0.3) is 0 Å². The van der Waals surface area contributed by atoms with E-state index in [2.05, 4.69) is 5.32 Å². The molecule has 1 aromatic carbocycles. The van der Waals surface area contributed by atoms with E-state index in [1.54, 1.807) is 36.2 Å². The first-order chi connectivity index (χ1) is 11.5. The lowest BCUT2D eigenvalue weighted by Gasteiger charge is -2.21. The maximum Gasteiger partial charge on any atom is 0.306 e. The van der Waals surface area contributed by atoms with Gasteiger partial charge in [-0.05, 0) is 44.2 Å². The molecule has 0 spiro atoms. The van der Waals surface area contributed by atoms with Crippen molar-refractivity contribution in [3.63, 3.8) is 0 Å². The van der Waals surface area contributed by atoms with Gasteiger partial charge in [0.25, 0.3) is 5.91 Å². The molecular formula is C18H22N2O4. The number of carboxylic acids is 1. The predicted molar refractivity (Wildman–Crippen MR) is 88.8 cm³/mol. The van der Waals surface area contributed by atoms with Crippen LogP contribution in [-0.4, -0.2) is 36.0 Å². The molecule has 2 N–H and O–H groups in total. The second-order valence-electron chi connectivity index (χ2n) is 6.71. The second kappa shape index (κ2) is 6.63. The molecule has 0 heterocycles. The fourth-order valence-electron chi connectivity index (χ4n) is 3.28. The number of nitrogens with zero attached hydrogens (tertiary/aromatic N) is 1. The summed E-state index contributed by atoms with van der Waals surface area (Å²) in [6.45, 7) is 0. The smallest absolute Gasteiger partial charge is 0.306 e. The number of para-hydroxylation sites is 1. The first-order valence-corrected chi connectivity index (χ1v) is 8.37. The quantitative estimate of drug-likeness (QED) is 0.865. The molecule has 0 saturated heterocycles. The van der Waals surface area contributed by atoms with Gasteiger partial charge in [0.2, 0.25) is 5.91 Å². The number of carbonyl (C=O) groups is 3. The van der Waals surface area contributed by atoms with Crippen LogP contribution in [0.4, 0.5) is 5.69 Å². The van der Waals surface area contributed by atoms with E-state index in [1.165, 1.54) is 0 Å². The Balaban J connectivity index is 1.71. The fourth-order valence-corrected chi connectivity index (χ4v) is 3.28. The third kappa shape index (κ3) is 3.42. The number of hydrogen-bond acceptors (Lipinski definition) is 3. The predicted octanol–water partition coefficient (Wildman–Crippen LogP) is 2.04. The van der Waals surface area contributed by atoms with E-state index in [-0.39, 0.29) is 29.7 Å². The van der Waals surface area contributed by atoms with Crippen LogP contribution < -0.4 is 10.2 Å². The van der Waals surface area contributed by atoms with Crippen molar-refractivity contribution in [3.8, 4) is 0 Å². The van der Waals surface area contributed by atoms with Crippen molar-refractivity contribution in [1.29, 1.82) is 0 Å². The second-order valence-corrected chi connectivity index (χ2v) is 6.71. The number of amides is 2. The first kappa shape index (κ1) is 16.5. The van der Waals surface area contributed by atoms with Crippen LogP contribution in [0.15, 0.2) is 24.3 Å². The highest BCUT2D eigenvalue weighted by atomic mass is 16.4. The van der Waals surface area contributed by atoms with Gasteiger partial charge in [-0.25, -0.2) is 0 Å². The number of benzene rings is 1. The van der Waals surface area contributed by atoms with Gasteiger partial charge in [-0.15, -0.1) is 0 Å². The number of anilines is 1. The SMILES string of the molecule is CN(C(=O)C1CC1)c1ccccc1C(=O)N[C@H]1CC[C@@H](C(=O)O)C1. The Hall–Kier alpha value is -2.37. The molecule has 6 heteroatoms. The molecule has 0 bridgehead atoms. The third-order valence-electron chi connectivity index (χ3n) is 4.88. The number of aliphatic carboxylic acids is 1. The summed E-state index contributed by atoms with van der Waals surface area (Å²) < 4.78 is 0. The lowest BCUT2D eigenvalue weighted by molar-refractivity contribution is -0.141. The molecule has 2 fully saturated rings. The van der Waals surface area contributed by atoms with Gasteiger partial charge in [0.05, 0.1) is 17.2 Å². The topological polar surface area (TPSA) is 86.7 Å². The molecular weight excluding hydrogens is 308 g/mol. The average Bonchev–Trinajstić information content (AvgIpc) is 3.32. The Bertz CT molecular complexity index is 669. The van der Waals surface area contributed by atoms with Crippen molar-refractivity contribution < 1.29 is 19.5 Å². The first-order valence-electron chi connectivity index (χ1n) is 8.37. The maximum absolute atomic E-state index is 12.6. The van der Waals surface area contributed by atoms with Gasteiger partial charge in [-0.3, -0.25) is 14.4 Å². The highest BCUT2D eigenvalue weighted by Gasteiger charge is 2.34. The minimum absolute atomic E-state index is 0.0436. The van der Waals surface area contributed by atoms with E-state index >= 15 is 0 Å². The van der Waals surface area contributed by atoms with Crippen LogP contribution in [0, 0.1) is 11.8 Å². The van der Waals surface area contributed by atoms with Gasteiger partial charge in [-0.2, -0.15) is 0 Å². The maximum atomic E-state index is 12.6. The summed E-state index contributed by atoms with van der Waals surface area (Å²) in [5, 5.41) is 12.0. The van der Waals surface area contributed by atoms with E-state index in [9.17, 15) is 14.4 Å². The zero-order chi connectivity index (χ0) is 17.3. The van der Waals surface area contributed by atoms with Crippen molar-refractivity contribution in [2.24, 2.45) is 11.8 Å². The number of carbonyl (C=O) groups excluding carboxylic acids is 2. The largest absolute Gasteiger partial charge is 0.481 e. The molecule has 2 aliphatic carbocycles. The van der Waals surface area contributed by atoms with E-state index < -0.39 is 5.97 Å². The molecule has 0 aromatic heterocycles. The van der Waals surface area contributed by atoms with Gasteiger partial charge in [0.15, 0.2) is 0 Å². The zero-order valence-corrected chi connectivity index (χ0v) is 13.7. The monoisotopic (exact) mass is 330 g/mol. The van der Waals surface area contributed by atoms with Crippen LogP contribution >= 0.6 is 0 Å². The van der Waals surface area contributed by atoms with Crippen LogP contribution in [0.5, 0.6) is 0 Å². The van der Waals surface area contributed by atoms with Gasteiger partial charge in [0, 0.05) is 19.0 Å². The fraction of sp³-hybridized carbons (Fsp3) is 0.500. The Kier molecular flexibility index (Phi) is 4.55. The number of rotatable bonds is 5. The number of carboxylic acid groups (broad SMARTS) is 1.